The van der Waals surface area contributed by atoms with Crippen LogP contribution in [-0.4, -0.2) is 57.4 Å². The second-order valence-corrected chi connectivity index (χ2v) is 7.78. The molecule has 0 radical (unpaired) electrons. The van der Waals surface area contributed by atoms with E-state index in [1.54, 1.807) is 10.8 Å². The number of carbonyl (C=O) groups excluding carboxylic acids is 3. The maximum atomic E-state index is 11.7. The molecule has 1 fully saturated rings. The summed E-state index contributed by atoms with van der Waals surface area (Å²) in [6.07, 6.45) is -0.741. The van der Waals surface area contributed by atoms with Gasteiger partial charge in [-0.2, -0.15) is 0 Å². The van der Waals surface area contributed by atoms with Crippen molar-refractivity contribution in [2.24, 2.45) is 0 Å². The van der Waals surface area contributed by atoms with E-state index in [2.05, 4.69) is 32.6 Å². The van der Waals surface area contributed by atoms with Crippen LogP contribution >= 0.6 is 34.2 Å². The van der Waals surface area contributed by atoms with Crippen molar-refractivity contribution in [1.29, 1.82) is 0 Å². The molecule has 3 rings (SSSR count). The van der Waals surface area contributed by atoms with Gasteiger partial charge in [0, 0.05) is 30.5 Å². The number of rotatable bonds is 5. The second-order valence-electron chi connectivity index (χ2n) is 6.26. The fourth-order valence-electron chi connectivity index (χ4n) is 3.12. The summed E-state index contributed by atoms with van der Waals surface area (Å²) in [6.45, 7) is 3.52. The number of nitrogens with zero attached hydrogens (tertiary/aromatic N) is 3. The average molecular weight is 538 g/mol. The first-order chi connectivity index (χ1) is 13.7. The molecule has 3 heterocycles. The highest BCUT2D eigenvalue weighted by atomic mass is 127. The smallest absolute Gasteiger partial charge is 0.303 e. The van der Waals surface area contributed by atoms with Crippen molar-refractivity contribution in [3.8, 4) is 0 Å². The Kier molecular flexibility index (Phi) is 6.58. The number of hydrogen-bond acceptors (Lipinski definition) is 9. The van der Waals surface area contributed by atoms with Gasteiger partial charge in [0.1, 0.15) is 29.8 Å². The zero-order valence-electron chi connectivity index (χ0n) is 15.6. The van der Waals surface area contributed by atoms with Crippen molar-refractivity contribution in [3.63, 3.8) is 0 Å². The topological polar surface area (TPSA) is 119 Å². The maximum absolute atomic E-state index is 11.7. The summed E-state index contributed by atoms with van der Waals surface area (Å²) in [5.41, 5.74) is 0.450. The highest BCUT2D eigenvalue weighted by Gasteiger charge is 2.51. The summed E-state index contributed by atoms with van der Waals surface area (Å²) in [5, 5.41) is 0.862. The van der Waals surface area contributed by atoms with Crippen molar-refractivity contribution in [3.05, 3.63) is 21.2 Å². The first-order valence-electron chi connectivity index (χ1n) is 8.48. The Labute approximate surface area is 183 Å². The molecule has 0 spiro atoms. The highest BCUT2D eigenvalue weighted by Crippen LogP contribution is 2.38. The van der Waals surface area contributed by atoms with Gasteiger partial charge in [0.05, 0.1) is 5.39 Å². The summed E-state index contributed by atoms with van der Waals surface area (Å²) in [4.78, 5) is 42.9. The first kappa shape index (κ1) is 21.7. The number of fused-ring (bicyclic) bond motifs is 1. The Balaban J connectivity index is 2.05. The number of hydrogen-bond donors (Lipinski definition) is 0. The largest absolute Gasteiger partial charge is 0.463 e. The molecule has 0 saturated carbocycles. The number of ether oxygens (including phenoxy) is 4. The third-order valence-corrected chi connectivity index (χ3v) is 5.24. The van der Waals surface area contributed by atoms with Gasteiger partial charge in [-0.25, -0.2) is 9.97 Å². The van der Waals surface area contributed by atoms with Crippen LogP contribution in [0.3, 0.4) is 0 Å². The van der Waals surface area contributed by atoms with Crippen LogP contribution in [0, 0.1) is 3.57 Å². The van der Waals surface area contributed by atoms with Crippen molar-refractivity contribution in [2.75, 3.05) is 6.61 Å². The Bertz CT molecular complexity index is 966. The Morgan fingerprint density at radius 1 is 1.14 bits per heavy atom. The molecule has 0 N–H and O–H groups in total. The number of halogens is 2. The van der Waals surface area contributed by atoms with Gasteiger partial charge in [0.25, 0.3) is 0 Å². The van der Waals surface area contributed by atoms with Crippen molar-refractivity contribution >= 4 is 63.1 Å². The normalized spacial score (nSPS) is 23.8. The molecule has 156 valence electrons. The molecule has 1 aliphatic rings. The lowest BCUT2D eigenvalue weighted by atomic mass is 10.1. The van der Waals surface area contributed by atoms with E-state index in [9.17, 15) is 14.4 Å². The molecule has 2 aromatic heterocycles. The zero-order valence-corrected chi connectivity index (χ0v) is 18.5. The van der Waals surface area contributed by atoms with Crippen LogP contribution in [0.15, 0.2) is 12.5 Å². The van der Waals surface area contributed by atoms with E-state index in [1.165, 1.54) is 27.1 Å². The number of esters is 3. The van der Waals surface area contributed by atoms with Crippen LogP contribution in [-0.2, 0) is 33.3 Å². The molecule has 29 heavy (non-hydrogen) atoms. The molecule has 0 bridgehead atoms. The lowest BCUT2D eigenvalue weighted by Gasteiger charge is -2.24. The minimum absolute atomic E-state index is 0.187. The molecule has 12 heteroatoms. The SMILES string of the molecule is CC(=O)OC[C@H]1O[C@@H](n2cc(I)c3c(Cl)ncnc32)[C@H](OC(C)=O)[C@@H]1OC(C)=O. The maximum Gasteiger partial charge on any atom is 0.303 e. The van der Waals surface area contributed by atoms with E-state index in [4.69, 9.17) is 30.5 Å². The lowest BCUT2D eigenvalue weighted by Crippen LogP contribution is -2.40. The summed E-state index contributed by atoms with van der Waals surface area (Å²) in [5.74, 6) is -1.71. The minimum Gasteiger partial charge on any atom is -0.463 e. The first-order valence-corrected chi connectivity index (χ1v) is 9.94. The van der Waals surface area contributed by atoms with Crippen LogP contribution in [0.25, 0.3) is 11.0 Å². The summed E-state index contributed by atoms with van der Waals surface area (Å²) in [7, 11) is 0. The van der Waals surface area contributed by atoms with Crippen LogP contribution in [0.4, 0.5) is 0 Å². The monoisotopic (exact) mass is 537 g/mol. The molecular weight excluding hydrogens is 521 g/mol. The van der Waals surface area contributed by atoms with E-state index in [1.807, 2.05) is 0 Å². The summed E-state index contributed by atoms with van der Waals surface area (Å²) >= 11 is 8.27. The van der Waals surface area contributed by atoms with E-state index in [0.717, 1.165) is 3.57 Å². The van der Waals surface area contributed by atoms with E-state index < -0.39 is 42.4 Å². The van der Waals surface area contributed by atoms with Crippen molar-refractivity contribution < 1.29 is 33.3 Å². The summed E-state index contributed by atoms with van der Waals surface area (Å²) < 4.78 is 24.2. The van der Waals surface area contributed by atoms with Crippen LogP contribution < -0.4 is 0 Å². The molecule has 1 aliphatic heterocycles. The Hall–Kier alpha value is -1.99. The third-order valence-electron chi connectivity index (χ3n) is 4.13. The van der Waals surface area contributed by atoms with Gasteiger partial charge < -0.3 is 23.5 Å². The predicted molar refractivity (Wildman–Crippen MR) is 107 cm³/mol. The molecule has 4 atom stereocenters. The molecule has 2 aromatic rings. The minimum atomic E-state index is -1.00. The standard InChI is InChI=1S/C17H17ClIN3O7/c1-7(23)26-5-11-13(27-8(2)24)14(28-9(3)25)17(29-11)22-4-10(19)12-15(18)20-6-21-16(12)22/h4,6,11,13-14,17H,5H2,1-3H3/t11-,13-,14-,17-/m1/s1. The number of aromatic nitrogens is 3. The number of carbonyl (C=O) groups is 3. The van der Waals surface area contributed by atoms with Gasteiger partial charge >= 0.3 is 17.9 Å². The summed E-state index contributed by atoms with van der Waals surface area (Å²) in [6, 6.07) is 0. The molecule has 10 nitrogen and oxygen atoms in total. The average Bonchev–Trinajstić information content (AvgIpc) is 3.11. The zero-order chi connectivity index (χ0) is 21.3. The van der Waals surface area contributed by atoms with E-state index in [-0.39, 0.29) is 11.8 Å². The van der Waals surface area contributed by atoms with Crippen molar-refractivity contribution in [2.45, 2.75) is 45.3 Å². The quantitative estimate of drug-likeness (QED) is 0.244. The third kappa shape index (κ3) is 4.61. The Morgan fingerprint density at radius 2 is 1.79 bits per heavy atom. The van der Waals surface area contributed by atoms with Gasteiger partial charge in [-0.1, -0.05) is 11.6 Å². The molecule has 0 aromatic carbocycles. The fourth-order valence-corrected chi connectivity index (χ4v) is 4.30. The van der Waals surface area contributed by atoms with Crippen LogP contribution in [0.1, 0.15) is 27.0 Å². The Morgan fingerprint density at radius 3 is 2.41 bits per heavy atom. The molecule has 0 amide bonds. The van der Waals surface area contributed by atoms with E-state index in [0.29, 0.717) is 11.0 Å². The van der Waals surface area contributed by atoms with Crippen LogP contribution in [0.2, 0.25) is 5.15 Å². The molecule has 1 saturated heterocycles. The van der Waals surface area contributed by atoms with E-state index >= 15 is 0 Å². The lowest BCUT2D eigenvalue weighted by molar-refractivity contribution is -0.166. The van der Waals surface area contributed by atoms with Gasteiger partial charge in [-0.15, -0.1) is 0 Å². The predicted octanol–water partition coefficient (Wildman–Crippen LogP) is 2.01. The van der Waals surface area contributed by atoms with Gasteiger partial charge in [0.15, 0.2) is 18.4 Å². The fraction of sp³-hybridized carbons (Fsp3) is 0.471. The second kappa shape index (κ2) is 8.79. The van der Waals surface area contributed by atoms with Crippen molar-refractivity contribution in [1.82, 2.24) is 14.5 Å². The van der Waals surface area contributed by atoms with Gasteiger partial charge in [0.2, 0.25) is 0 Å². The molecular formula is C17H17ClIN3O7. The molecule has 0 unspecified atom stereocenters. The van der Waals surface area contributed by atoms with Crippen LogP contribution in [0.5, 0.6) is 0 Å². The highest BCUT2D eigenvalue weighted by molar-refractivity contribution is 14.1. The van der Waals surface area contributed by atoms with Gasteiger partial charge in [-0.05, 0) is 22.6 Å². The van der Waals surface area contributed by atoms with Gasteiger partial charge in [-0.3, -0.25) is 14.4 Å². The molecule has 0 aliphatic carbocycles.